The molecule has 0 atom stereocenters. The van der Waals surface area contributed by atoms with Crippen LogP contribution in [0.4, 0.5) is 5.69 Å². The van der Waals surface area contributed by atoms with E-state index in [4.69, 9.17) is 9.47 Å². The first-order chi connectivity index (χ1) is 21.1. The van der Waals surface area contributed by atoms with Gasteiger partial charge >= 0.3 is 7.05 Å². The summed E-state index contributed by atoms with van der Waals surface area (Å²) in [4.78, 5) is 8.04. The standard InChI is InChI=1S/C18H19BN2O2.C18H17NO/c1-19(22)21-17-6-7-18(16-5-3-2-4-15(16)17)23-13-10-14-8-11-20-12-9-14;1-14-6-7-18(17-5-3-2-4-16(14)17)20-13-10-15-8-11-19-12-9-15/h2-9,11-12,21-22H,10,13H2,1H3;2-9,11-12H,10,13H2,1H3. The molecule has 6 aromatic rings. The lowest BCUT2D eigenvalue weighted by molar-refractivity contribution is 0.325. The lowest BCUT2D eigenvalue weighted by Gasteiger charge is -2.14. The second-order valence-electron chi connectivity index (χ2n) is 10.3. The van der Waals surface area contributed by atoms with Crippen LogP contribution >= 0.6 is 0 Å². The van der Waals surface area contributed by atoms with E-state index in [1.807, 2.05) is 73.1 Å². The molecule has 6 nitrogen and oxygen atoms in total. The highest BCUT2D eigenvalue weighted by molar-refractivity contribution is 6.53. The van der Waals surface area contributed by atoms with E-state index in [1.165, 1.54) is 27.5 Å². The molecule has 0 fully saturated rings. The van der Waals surface area contributed by atoms with Gasteiger partial charge in [0.15, 0.2) is 0 Å². The fraction of sp³-hybridized carbons (Fsp3) is 0.167. The number of aromatic nitrogens is 2. The molecule has 0 saturated carbocycles. The number of hydrogen-bond acceptors (Lipinski definition) is 6. The normalized spacial score (nSPS) is 10.6. The zero-order valence-corrected chi connectivity index (χ0v) is 24.6. The molecule has 0 saturated heterocycles. The lowest BCUT2D eigenvalue weighted by Crippen LogP contribution is -2.19. The fourth-order valence-corrected chi connectivity index (χ4v) is 4.95. The van der Waals surface area contributed by atoms with Crippen molar-refractivity contribution in [1.82, 2.24) is 9.97 Å². The molecule has 7 heteroatoms. The first-order valence-electron chi connectivity index (χ1n) is 14.6. The molecule has 216 valence electrons. The third-order valence-electron chi connectivity index (χ3n) is 7.15. The molecule has 4 aromatic carbocycles. The SMILES string of the molecule is CB(O)Nc1ccc(OCCc2ccncc2)c2ccccc12.Cc1ccc(OCCc2ccncc2)c2ccccc12. The lowest BCUT2D eigenvalue weighted by atomic mass is 9.87. The molecule has 43 heavy (non-hydrogen) atoms. The smallest absolute Gasteiger partial charge is 0.406 e. The van der Waals surface area contributed by atoms with E-state index in [1.54, 1.807) is 19.2 Å². The first-order valence-corrected chi connectivity index (χ1v) is 14.6. The summed E-state index contributed by atoms with van der Waals surface area (Å²) in [5.41, 5.74) is 4.63. The summed E-state index contributed by atoms with van der Waals surface area (Å²) in [6.07, 6.45) is 8.95. The second-order valence-corrected chi connectivity index (χ2v) is 10.3. The van der Waals surface area contributed by atoms with Gasteiger partial charge in [0, 0.05) is 59.5 Å². The summed E-state index contributed by atoms with van der Waals surface area (Å²) < 4.78 is 11.9. The molecule has 0 unspecified atom stereocenters. The summed E-state index contributed by atoms with van der Waals surface area (Å²) in [6, 6.07) is 32.5. The van der Waals surface area contributed by atoms with Crippen LogP contribution in [0.15, 0.2) is 122 Å². The van der Waals surface area contributed by atoms with Gasteiger partial charge in [-0.3, -0.25) is 9.97 Å². The topological polar surface area (TPSA) is 76.5 Å². The molecule has 2 heterocycles. The molecular weight excluding hydrogens is 533 g/mol. The largest absolute Gasteiger partial charge is 0.493 e. The van der Waals surface area contributed by atoms with Crippen LogP contribution in [0.25, 0.3) is 21.5 Å². The van der Waals surface area contributed by atoms with E-state index in [2.05, 4.69) is 58.5 Å². The molecule has 0 aliphatic rings. The number of ether oxygens (including phenoxy) is 2. The fourth-order valence-electron chi connectivity index (χ4n) is 4.95. The predicted octanol–water partition coefficient (Wildman–Crippen LogP) is 7.54. The summed E-state index contributed by atoms with van der Waals surface area (Å²) in [5, 5.41) is 17.1. The molecule has 6 rings (SSSR count). The van der Waals surface area contributed by atoms with E-state index in [9.17, 15) is 5.02 Å². The van der Waals surface area contributed by atoms with Gasteiger partial charge < -0.3 is 19.7 Å². The van der Waals surface area contributed by atoms with Crippen LogP contribution in [-0.4, -0.2) is 35.3 Å². The number of rotatable bonds is 10. The molecule has 0 radical (unpaired) electrons. The number of pyridine rings is 2. The van der Waals surface area contributed by atoms with Gasteiger partial charge in [0.25, 0.3) is 0 Å². The Morgan fingerprint density at radius 2 is 1.07 bits per heavy atom. The number of anilines is 1. The van der Waals surface area contributed by atoms with Gasteiger partial charge in [0.05, 0.1) is 13.2 Å². The van der Waals surface area contributed by atoms with Gasteiger partial charge in [-0.15, -0.1) is 0 Å². The van der Waals surface area contributed by atoms with Gasteiger partial charge in [-0.2, -0.15) is 0 Å². The van der Waals surface area contributed by atoms with E-state index in [0.717, 1.165) is 40.8 Å². The van der Waals surface area contributed by atoms with E-state index in [-0.39, 0.29) is 0 Å². The van der Waals surface area contributed by atoms with Gasteiger partial charge in [-0.05, 0) is 78.3 Å². The molecule has 0 amide bonds. The van der Waals surface area contributed by atoms with Gasteiger partial charge in [-0.25, -0.2) is 0 Å². The van der Waals surface area contributed by atoms with Crippen molar-refractivity contribution in [3.8, 4) is 11.5 Å². The Bertz CT molecular complexity index is 1750. The van der Waals surface area contributed by atoms with Crippen LogP contribution < -0.4 is 14.7 Å². The Balaban J connectivity index is 0.000000173. The van der Waals surface area contributed by atoms with Crippen molar-refractivity contribution in [2.45, 2.75) is 26.6 Å². The maximum Gasteiger partial charge on any atom is 0.406 e. The van der Waals surface area contributed by atoms with Crippen LogP contribution in [0.2, 0.25) is 6.82 Å². The highest BCUT2D eigenvalue weighted by Gasteiger charge is 2.10. The number of benzene rings is 4. The average molecular weight is 570 g/mol. The van der Waals surface area contributed by atoms with Gasteiger partial charge in [-0.1, -0.05) is 54.6 Å². The molecular formula is C36H36BN3O3. The molecule has 2 aromatic heterocycles. The van der Waals surface area contributed by atoms with Crippen molar-refractivity contribution >= 4 is 34.3 Å². The summed E-state index contributed by atoms with van der Waals surface area (Å²) in [5.74, 6) is 1.81. The van der Waals surface area contributed by atoms with Crippen molar-refractivity contribution in [2.24, 2.45) is 0 Å². The van der Waals surface area contributed by atoms with Crippen molar-refractivity contribution < 1.29 is 14.5 Å². The monoisotopic (exact) mass is 569 g/mol. The highest BCUT2D eigenvalue weighted by atomic mass is 16.5. The molecule has 0 spiro atoms. The third-order valence-corrected chi connectivity index (χ3v) is 7.15. The molecule has 2 N–H and O–H groups in total. The van der Waals surface area contributed by atoms with Gasteiger partial charge in [0.2, 0.25) is 0 Å². The quantitative estimate of drug-likeness (QED) is 0.166. The Labute approximate surface area is 253 Å². The number of nitrogens with one attached hydrogen (secondary N) is 1. The summed E-state index contributed by atoms with van der Waals surface area (Å²) in [6.45, 7) is 5.12. The van der Waals surface area contributed by atoms with Crippen LogP contribution in [0.5, 0.6) is 11.5 Å². The first kappa shape index (κ1) is 29.6. The van der Waals surface area contributed by atoms with Crippen LogP contribution in [-0.2, 0) is 12.8 Å². The van der Waals surface area contributed by atoms with Crippen molar-refractivity contribution in [3.05, 3.63) is 139 Å². The van der Waals surface area contributed by atoms with E-state index in [0.29, 0.717) is 13.2 Å². The average Bonchev–Trinajstić information content (AvgIpc) is 3.04. The number of nitrogens with zero attached hydrogens (tertiary/aromatic N) is 2. The molecule has 0 bridgehead atoms. The maximum atomic E-state index is 9.55. The predicted molar refractivity (Wildman–Crippen MR) is 177 cm³/mol. The Kier molecular flexibility index (Phi) is 10.2. The number of aryl methyl sites for hydroxylation is 1. The zero-order valence-electron chi connectivity index (χ0n) is 24.6. The summed E-state index contributed by atoms with van der Waals surface area (Å²) in [7, 11) is -0.600. The van der Waals surface area contributed by atoms with Crippen LogP contribution in [0.1, 0.15) is 16.7 Å². The zero-order chi connectivity index (χ0) is 29.9. The van der Waals surface area contributed by atoms with E-state index >= 15 is 0 Å². The van der Waals surface area contributed by atoms with Crippen molar-refractivity contribution in [3.63, 3.8) is 0 Å². The maximum absolute atomic E-state index is 9.55. The second kappa shape index (κ2) is 14.8. The van der Waals surface area contributed by atoms with Gasteiger partial charge in [0.1, 0.15) is 11.5 Å². The van der Waals surface area contributed by atoms with Crippen molar-refractivity contribution in [2.75, 3.05) is 18.4 Å². The van der Waals surface area contributed by atoms with Crippen LogP contribution in [0, 0.1) is 6.92 Å². The highest BCUT2D eigenvalue weighted by Crippen LogP contribution is 2.32. The minimum Gasteiger partial charge on any atom is -0.493 e. The summed E-state index contributed by atoms with van der Waals surface area (Å²) >= 11 is 0. The third kappa shape index (κ3) is 8.12. The molecule has 0 aliphatic carbocycles. The Morgan fingerprint density at radius 3 is 1.60 bits per heavy atom. The minimum absolute atomic E-state index is 0.600. The Morgan fingerprint density at radius 1 is 0.605 bits per heavy atom. The Hall–Kier alpha value is -4.88. The van der Waals surface area contributed by atoms with Crippen LogP contribution in [0.3, 0.4) is 0 Å². The van der Waals surface area contributed by atoms with E-state index < -0.39 is 7.05 Å². The molecule has 0 aliphatic heterocycles. The number of fused-ring (bicyclic) bond motifs is 2. The number of hydrogen-bond donors (Lipinski definition) is 2. The van der Waals surface area contributed by atoms with Crippen molar-refractivity contribution in [1.29, 1.82) is 0 Å². The minimum atomic E-state index is -0.600.